The van der Waals surface area contributed by atoms with E-state index in [4.69, 9.17) is 0 Å². The summed E-state index contributed by atoms with van der Waals surface area (Å²) in [6.45, 7) is 8.17. The van der Waals surface area contributed by atoms with Gasteiger partial charge in [-0.05, 0) is 32.2 Å². The van der Waals surface area contributed by atoms with Crippen molar-refractivity contribution in [2.75, 3.05) is 39.3 Å². The van der Waals surface area contributed by atoms with E-state index in [1.54, 1.807) is 0 Å². The topological polar surface area (TPSA) is 35.6 Å². The molecule has 1 atom stereocenters. The van der Waals surface area contributed by atoms with Crippen LogP contribution >= 0.6 is 0 Å². The molecule has 1 N–H and O–H groups in total. The number of amides is 1. The predicted molar refractivity (Wildman–Crippen MR) is 85.2 cm³/mol. The number of nitrogens with one attached hydrogen (secondary N) is 1. The third kappa shape index (κ3) is 3.11. The van der Waals surface area contributed by atoms with Crippen LogP contribution in [0.5, 0.6) is 0 Å². The maximum atomic E-state index is 13.0. The fourth-order valence-corrected chi connectivity index (χ4v) is 4.62. The fourth-order valence-electron chi connectivity index (χ4n) is 4.62. The molecule has 3 rings (SSSR count). The van der Waals surface area contributed by atoms with E-state index in [9.17, 15) is 4.79 Å². The zero-order valence-corrected chi connectivity index (χ0v) is 13.6. The quantitative estimate of drug-likeness (QED) is 0.859. The molecule has 4 heteroatoms. The zero-order valence-electron chi connectivity index (χ0n) is 13.6. The Morgan fingerprint density at radius 3 is 2.48 bits per heavy atom. The average Bonchev–Trinajstić information content (AvgIpc) is 3.19. The number of carbonyl (C=O) groups is 1. The van der Waals surface area contributed by atoms with E-state index in [1.807, 2.05) is 0 Å². The van der Waals surface area contributed by atoms with Crippen LogP contribution in [0, 0.1) is 5.41 Å². The molecule has 3 fully saturated rings. The number of hydrogen-bond donors (Lipinski definition) is 1. The van der Waals surface area contributed by atoms with Crippen LogP contribution in [0.4, 0.5) is 0 Å². The van der Waals surface area contributed by atoms with E-state index >= 15 is 0 Å². The zero-order chi connectivity index (χ0) is 14.7. The molecule has 1 aliphatic carbocycles. The summed E-state index contributed by atoms with van der Waals surface area (Å²) < 4.78 is 0. The van der Waals surface area contributed by atoms with Crippen LogP contribution in [0.1, 0.15) is 51.9 Å². The van der Waals surface area contributed by atoms with E-state index < -0.39 is 0 Å². The molecule has 0 aromatic carbocycles. The highest BCUT2D eigenvalue weighted by Gasteiger charge is 2.43. The van der Waals surface area contributed by atoms with Gasteiger partial charge in [0.25, 0.3) is 0 Å². The Balaban J connectivity index is 1.56. The van der Waals surface area contributed by atoms with E-state index in [0.717, 1.165) is 64.6 Å². The minimum Gasteiger partial charge on any atom is -0.340 e. The van der Waals surface area contributed by atoms with Gasteiger partial charge >= 0.3 is 0 Å². The second-order valence-electron chi connectivity index (χ2n) is 7.22. The number of rotatable bonds is 4. The Bertz CT molecular complexity index is 351. The lowest BCUT2D eigenvalue weighted by atomic mass is 9.81. The highest BCUT2D eigenvalue weighted by atomic mass is 16.2. The SMILES string of the molecule is CCCC1(C(=O)N2CCN(C3CCCC3)CC2)CCNC1. The Hall–Kier alpha value is -0.610. The van der Waals surface area contributed by atoms with Crippen molar-refractivity contribution in [1.82, 2.24) is 15.1 Å². The molecule has 21 heavy (non-hydrogen) atoms. The minimum atomic E-state index is -0.0930. The first-order chi connectivity index (χ1) is 10.2. The smallest absolute Gasteiger partial charge is 0.230 e. The van der Waals surface area contributed by atoms with Gasteiger partial charge in [0.15, 0.2) is 0 Å². The van der Waals surface area contributed by atoms with Gasteiger partial charge in [-0.1, -0.05) is 26.2 Å². The van der Waals surface area contributed by atoms with E-state index in [1.165, 1.54) is 25.7 Å². The van der Waals surface area contributed by atoms with Crippen molar-refractivity contribution in [3.8, 4) is 0 Å². The van der Waals surface area contributed by atoms with Gasteiger partial charge in [-0.2, -0.15) is 0 Å². The molecule has 2 heterocycles. The maximum Gasteiger partial charge on any atom is 0.230 e. The van der Waals surface area contributed by atoms with Gasteiger partial charge in [-0.15, -0.1) is 0 Å². The van der Waals surface area contributed by atoms with Crippen molar-refractivity contribution in [2.45, 2.75) is 57.9 Å². The second-order valence-corrected chi connectivity index (χ2v) is 7.22. The summed E-state index contributed by atoms with van der Waals surface area (Å²) in [5.74, 6) is 0.431. The standard InChI is InChI=1S/C17H31N3O/c1-2-7-17(8-9-18-14-17)16(21)20-12-10-19(11-13-20)15-5-3-4-6-15/h15,18H,2-14H2,1H3. The van der Waals surface area contributed by atoms with E-state index in [0.29, 0.717) is 5.91 Å². The number of carbonyl (C=O) groups excluding carboxylic acids is 1. The molecule has 120 valence electrons. The Kier molecular flexibility index (Phi) is 4.85. The fraction of sp³-hybridized carbons (Fsp3) is 0.941. The molecule has 0 spiro atoms. The van der Waals surface area contributed by atoms with Crippen LogP contribution in [0.15, 0.2) is 0 Å². The van der Waals surface area contributed by atoms with Crippen LogP contribution in [0.25, 0.3) is 0 Å². The minimum absolute atomic E-state index is 0.0930. The number of nitrogens with zero attached hydrogens (tertiary/aromatic N) is 2. The van der Waals surface area contributed by atoms with Crippen LogP contribution < -0.4 is 5.32 Å². The Labute approximate surface area is 129 Å². The molecule has 0 radical (unpaired) electrons. The van der Waals surface area contributed by atoms with Gasteiger partial charge in [0, 0.05) is 38.8 Å². The number of hydrogen-bond acceptors (Lipinski definition) is 3. The molecule has 0 aromatic rings. The van der Waals surface area contributed by atoms with Crippen LogP contribution in [0.2, 0.25) is 0 Å². The lowest BCUT2D eigenvalue weighted by molar-refractivity contribution is -0.143. The first kappa shape index (κ1) is 15.3. The van der Waals surface area contributed by atoms with Crippen molar-refractivity contribution in [1.29, 1.82) is 0 Å². The van der Waals surface area contributed by atoms with Gasteiger partial charge < -0.3 is 10.2 Å². The third-order valence-electron chi connectivity index (χ3n) is 5.87. The summed E-state index contributed by atoms with van der Waals surface area (Å²) in [6.07, 6.45) is 8.72. The summed E-state index contributed by atoms with van der Waals surface area (Å²) in [4.78, 5) is 17.8. The molecule has 4 nitrogen and oxygen atoms in total. The highest BCUT2D eigenvalue weighted by Crippen LogP contribution is 2.34. The van der Waals surface area contributed by atoms with E-state index in [-0.39, 0.29) is 5.41 Å². The molecular formula is C17H31N3O. The molecule has 0 aromatic heterocycles. The third-order valence-corrected chi connectivity index (χ3v) is 5.87. The van der Waals surface area contributed by atoms with Gasteiger partial charge in [-0.3, -0.25) is 9.69 Å². The first-order valence-electron chi connectivity index (χ1n) is 8.99. The van der Waals surface area contributed by atoms with Gasteiger partial charge in [0.05, 0.1) is 5.41 Å². The molecule has 1 unspecified atom stereocenters. The highest BCUT2D eigenvalue weighted by molar-refractivity contribution is 5.83. The van der Waals surface area contributed by atoms with Crippen molar-refractivity contribution >= 4 is 5.91 Å². The van der Waals surface area contributed by atoms with E-state index in [2.05, 4.69) is 22.0 Å². The Morgan fingerprint density at radius 1 is 1.19 bits per heavy atom. The van der Waals surface area contributed by atoms with Crippen LogP contribution in [0.3, 0.4) is 0 Å². The summed E-state index contributed by atoms with van der Waals surface area (Å²) in [6, 6.07) is 0.806. The van der Waals surface area contributed by atoms with Crippen LogP contribution in [-0.2, 0) is 4.79 Å². The lowest BCUT2D eigenvalue weighted by Gasteiger charge is -2.41. The summed E-state index contributed by atoms with van der Waals surface area (Å²) in [5.41, 5.74) is -0.0930. The normalized spacial score (nSPS) is 32.0. The molecule has 2 aliphatic heterocycles. The van der Waals surface area contributed by atoms with Crippen LogP contribution in [-0.4, -0.2) is 61.0 Å². The van der Waals surface area contributed by atoms with Crippen molar-refractivity contribution in [2.24, 2.45) is 5.41 Å². The molecule has 1 saturated carbocycles. The largest absolute Gasteiger partial charge is 0.340 e. The van der Waals surface area contributed by atoms with Gasteiger partial charge in [-0.25, -0.2) is 0 Å². The summed E-state index contributed by atoms with van der Waals surface area (Å²) in [7, 11) is 0. The number of piperazine rings is 1. The molecule has 1 amide bonds. The molecule has 0 bridgehead atoms. The summed E-state index contributed by atoms with van der Waals surface area (Å²) >= 11 is 0. The maximum absolute atomic E-state index is 13.0. The summed E-state index contributed by atoms with van der Waals surface area (Å²) in [5, 5.41) is 3.41. The average molecular weight is 293 g/mol. The molecule has 2 saturated heterocycles. The predicted octanol–water partition coefficient (Wildman–Crippen LogP) is 1.85. The van der Waals surface area contributed by atoms with Gasteiger partial charge in [0.2, 0.25) is 5.91 Å². The first-order valence-corrected chi connectivity index (χ1v) is 8.99. The lowest BCUT2D eigenvalue weighted by Crippen LogP contribution is -2.55. The van der Waals surface area contributed by atoms with Crippen molar-refractivity contribution < 1.29 is 4.79 Å². The Morgan fingerprint density at radius 2 is 1.90 bits per heavy atom. The van der Waals surface area contributed by atoms with Gasteiger partial charge in [0.1, 0.15) is 0 Å². The van der Waals surface area contributed by atoms with Crippen molar-refractivity contribution in [3.63, 3.8) is 0 Å². The molecular weight excluding hydrogens is 262 g/mol. The second kappa shape index (κ2) is 6.66. The molecule has 3 aliphatic rings. The van der Waals surface area contributed by atoms with Crippen molar-refractivity contribution in [3.05, 3.63) is 0 Å². The monoisotopic (exact) mass is 293 g/mol.